The number of carbonyl (C=O) groups excluding carboxylic acids is 1. The molecule has 110 valence electrons. The summed E-state index contributed by atoms with van der Waals surface area (Å²) >= 11 is 5.96. The Bertz CT molecular complexity index is 683. The maximum Gasteiger partial charge on any atom is 0.255 e. The largest absolute Gasteiger partial charge is 0.384 e. The van der Waals surface area contributed by atoms with Gasteiger partial charge in [0.1, 0.15) is 5.82 Å². The van der Waals surface area contributed by atoms with Crippen molar-refractivity contribution >= 4 is 29.0 Å². The van der Waals surface area contributed by atoms with E-state index >= 15 is 0 Å². The molecule has 1 heterocycles. The summed E-state index contributed by atoms with van der Waals surface area (Å²) in [5.41, 5.74) is 8.69. The van der Waals surface area contributed by atoms with Gasteiger partial charge in [0.05, 0.1) is 0 Å². The van der Waals surface area contributed by atoms with Crippen LogP contribution in [0.1, 0.15) is 41.4 Å². The van der Waals surface area contributed by atoms with Gasteiger partial charge in [0.15, 0.2) is 0 Å². The van der Waals surface area contributed by atoms with Gasteiger partial charge in [0.25, 0.3) is 5.91 Å². The predicted octanol–water partition coefficient (Wildman–Crippen LogP) is 4.00. The van der Waals surface area contributed by atoms with Gasteiger partial charge in [0, 0.05) is 22.0 Å². The van der Waals surface area contributed by atoms with E-state index in [2.05, 4.69) is 10.3 Å². The molecule has 0 unspecified atom stereocenters. The molecule has 0 spiro atoms. The number of halogens is 1. The van der Waals surface area contributed by atoms with Gasteiger partial charge >= 0.3 is 0 Å². The van der Waals surface area contributed by atoms with Crippen LogP contribution in [-0.2, 0) is 0 Å². The van der Waals surface area contributed by atoms with E-state index < -0.39 is 0 Å². The number of nitrogens with two attached hydrogens (primary N) is 1. The van der Waals surface area contributed by atoms with Gasteiger partial charge in [-0.1, -0.05) is 31.5 Å². The maximum atomic E-state index is 12.4. The normalized spacial score (nSPS) is 10.7. The van der Waals surface area contributed by atoms with E-state index in [0.717, 1.165) is 11.3 Å². The molecular formula is C16H18ClN3O. The number of benzene rings is 1. The van der Waals surface area contributed by atoms with Crippen LogP contribution in [0.2, 0.25) is 5.02 Å². The van der Waals surface area contributed by atoms with E-state index in [1.807, 2.05) is 26.8 Å². The molecule has 1 amide bonds. The number of nitrogen functional groups attached to an aromatic ring is 1. The van der Waals surface area contributed by atoms with Crippen LogP contribution in [0.5, 0.6) is 0 Å². The second kappa shape index (κ2) is 6.14. The third kappa shape index (κ3) is 3.73. The summed E-state index contributed by atoms with van der Waals surface area (Å²) in [5, 5.41) is 3.43. The maximum absolute atomic E-state index is 12.4. The molecule has 1 aromatic carbocycles. The fourth-order valence-electron chi connectivity index (χ4n) is 1.92. The molecule has 21 heavy (non-hydrogen) atoms. The van der Waals surface area contributed by atoms with Crippen LogP contribution in [0.15, 0.2) is 30.3 Å². The van der Waals surface area contributed by atoms with Gasteiger partial charge in [-0.3, -0.25) is 4.79 Å². The van der Waals surface area contributed by atoms with E-state index in [4.69, 9.17) is 17.3 Å². The molecule has 0 saturated carbocycles. The summed E-state index contributed by atoms with van der Waals surface area (Å²) in [7, 11) is 0. The molecule has 0 fully saturated rings. The Hall–Kier alpha value is -2.07. The van der Waals surface area contributed by atoms with Crippen LogP contribution < -0.4 is 11.1 Å². The van der Waals surface area contributed by atoms with E-state index in [1.165, 1.54) is 0 Å². The monoisotopic (exact) mass is 303 g/mol. The SMILES string of the molecule is Cc1ccc(Cl)cc1NC(=O)c1cc(N)nc(C(C)C)c1. The molecular weight excluding hydrogens is 286 g/mol. The fourth-order valence-corrected chi connectivity index (χ4v) is 2.10. The van der Waals surface area contributed by atoms with Gasteiger partial charge in [-0.05, 0) is 42.7 Å². The minimum absolute atomic E-state index is 0.202. The van der Waals surface area contributed by atoms with Crippen molar-refractivity contribution in [1.29, 1.82) is 0 Å². The smallest absolute Gasteiger partial charge is 0.255 e. The number of hydrogen-bond acceptors (Lipinski definition) is 3. The highest BCUT2D eigenvalue weighted by Crippen LogP contribution is 2.22. The number of anilines is 2. The molecule has 4 nitrogen and oxygen atoms in total. The predicted molar refractivity (Wildman–Crippen MR) is 86.9 cm³/mol. The van der Waals surface area contributed by atoms with Crippen LogP contribution in [0, 0.1) is 6.92 Å². The number of carbonyl (C=O) groups is 1. The third-order valence-corrected chi connectivity index (χ3v) is 3.40. The van der Waals surface area contributed by atoms with Crippen LogP contribution in [0.25, 0.3) is 0 Å². The molecule has 0 saturated heterocycles. The number of nitrogens with one attached hydrogen (secondary N) is 1. The lowest BCUT2D eigenvalue weighted by molar-refractivity contribution is 0.102. The van der Waals surface area contributed by atoms with Crippen molar-refractivity contribution in [3.63, 3.8) is 0 Å². The second-order valence-electron chi connectivity index (χ2n) is 5.27. The van der Waals surface area contributed by atoms with Crippen molar-refractivity contribution in [1.82, 2.24) is 4.98 Å². The molecule has 3 N–H and O–H groups in total. The first-order valence-electron chi connectivity index (χ1n) is 6.72. The molecule has 2 rings (SSSR count). The number of aryl methyl sites for hydroxylation is 1. The van der Waals surface area contributed by atoms with E-state index in [1.54, 1.807) is 24.3 Å². The standard InChI is InChI=1S/C16H18ClN3O/c1-9(2)13-6-11(7-15(18)19-13)16(21)20-14-8-12(17)5-4-10(14)3/h4-9H,1-3H3,(H2,18,19)(H,20,21). The Labute approximate surface area is 129 Å². The Morgan fingerprint density at radius 2 is 2.00 bits per heavy atom. The Balaban J connectivity index is 2.30. The minimum atomic E-state index is -0.226. The van der Waals surface area contributed by atoms with E-state index in [9.17, 15) is 4.79 Å². The summed E-state index contributed by atoms with van der Waals surface area (Å²) in [5.74, 6) is 0.318. The average Bonchev–Trinajstić information content (AvgIpc) is 2.42. The summed E-state index contributed by atoms with van der Waals surface area (Å²) < 4.78 is 0. The van der Waals surface area contributed by atoms with Gasteiger partial charge in [-0.15, -0.1) is 0 Å². The van der Waals surface area contributed by atoms with Crippen molar-refractivity contribution < 1.29 is 4.79 Å². The zero-order chi connectivity index (χ0) is 15.6. The second-order valence-corrected chi connectivity index (χ2v) is 5.71. The van der Waals surface area contributed by atoms with E-state index in [-0.39, 0.29) is 11.8 Å². The van der Waals surface area contributed by atoms with Crippen molar-refractivity contribution in [3.05, 3.63) is 52.2 Å². The highest BCUT2D eigenvalue weighted by atomic mass is 35.5. The van der Waals surface area contributed by atoms with Gasteiger partial charge in [-0.25, -0.2) is 4.98 Å². The number of hydrogen-bond donors (Lipinski definition) is 2. The Morgan fingerprint density at radius 1 is 1.29 bits per heavy atom. The summed E-state index contributed by atoms with van der Waals surface area (Å²) in [6, 6.07) is 8.70. The number of rotatable bonds is 3. The molecule has 2 aromatic rings. The molecule has 1 aromatic heterocycles. The molecule has 0 aliphatic heterocycles. The average molecular weight is 304 g/mol. The summed E-state index contributed by atoms with van der Waals surface area (Å²) in [4.78, 5) is 16.6. The molecule has 0 aliphatic rings. The van der Waals surface area contributed by atoms with Crippen LogP contribution in [-0.4, -0.2) is 10.9 Å². The Morgan fingerprint density at radius 3 is 2.67 bits per heavy atom. The third-order valence-electron chi connectivity index (χ3n) is 3.17. The zero-order valence-electron chi connectivity index (χ0n) is 12.3. The molecule has 0 bridgehead atoms. The quantitative estimate of drug-likeness (QED) is 0.900. The van der Waals surface area contributed by atoms with Crippen molar-refractivity contribution in [3.8, 4) is 0 Å². The van der Waals surface area contributed by atoms with Gasteiger partial charge in [0.2, 0.25) is 0 Å². The first-order chi connectivity index (χ1) is 9.86. The van der Waals surface area contributed by atoms with Crippen LogP contribution in [0.4, 0.5) is 11.5 Å². The first-order valence-corrected chi connectivity index (χ1v) is 7.09. The highest BCUT2D eigenvalue weighted by Gasteiger charge is 2.12. The van der Waals surface area contributed by atoms with Gasteiger partial charge < -0.3 is 11.1 Å². The first kappa shape index (κ1) is 15.3. The molecule has 0 radical (unpaired) electrons. The van der Waals surface area contributed by atoms with Crippen molar-refractivity contribution in [2.45, 2.75) is 26.7 Å². The van der Waals surface area contributed by atoms with Crippen LogP contribution >= 0.6 is 11.6 Å². The lowest BCUT2D eigenvalue weighted by atomic mass is 10.1. The summed E-state index contributed by atoms with van der Waals surface area (Å²) in [6.45, 7) is 5.92. The lowest BCUT2D eigenvalue weighted by Crippen LogP contribution is -2.14. The number of nitrogens with zero attached hydrogens (tertiary/aromatic N) is 1. The zero-order valence-corrected chi connectivity index (χ0v) is 13.0. The lowest BCUT2D eigenvalue weighted by Gasteiger charge is -2.11. The molecule has 0 atom stereocenters. The Kier molecular flexibility index (Phi) is 4.48. The van der Waals surface area contributed by atoms with Crippen molar-refractivity contribution in [2.75, 3.05) is 11.1 Å². The highest BCUT2D eigenvalue weighted by molar-refractivity contribution is 6.31. The minimum Gasteiger partial charge on any atom is -0.384 e. The molecule has 5 heteroatoms. The number of amides is 1. The van der Waals surface area contributed by atoms with Gasteiger partial charge in [-0.2, -0.15) is 0 Å². The van der Waals surface area contributed by atoms with Crippen molar-refractivity contribution in [2.24, 2.45) is 0 Å². The molecule has 0 aliphatic carbocycles. The summed E-state index contributed by atoms with van der Waals surface area (Å²) in [6.07, 6.45) is 0. The van der Waals surface area contributed by atoms with Crippen LogP contribution in [0.3, 0.4) is 0 Å². The number of pyridine rings is 1. The topological polar surface area (TPSA) is 68.0 Å². The van der Waals surface area contributed by atoms with E-state index in [0.29, 0.717) is 22.1 Å². The number of aromatic nitrogens is 1. The fraction of sp³-hybridized carbons (Fsp3) is 0.250.